The molecule has 3 nitrogen and oxygen atoms in total. The molecule has 5 heteroatoms. The van der Waals surface area contributed by atoms with Crippen LogP contribution in [-0.4, -0.2) is 9.55 Å². The molecule has 3 aromatic rings. The fourth-order valence-electron chi connectivity index (χ4n) is 2.34. The van der Waals surface area contributed by atoms with Crippen LogP contribution in [0.2, 0.25) is 0 Å². The lowest BCUT2D eigenvalue weighted by Crippen LogP contribution is -2.18. The van der Waals surface area contributed by atoms with E-state index < -0.39 is 5.95 Å². The fourth-order valence-corrected chi connectivity index (χ4v) is 3.13. The molecule has 0 N–H and O–H groups in total. The molecule has 0 saturated heterocycles. The van der Waals surface area contributed by atoms with Crippen LogP contribution in [0.4, 0.5) is 4.39 Å². The highest BCUT2D eigenvalue weighted by Crippen LogP contribution is 2.29. The summed E-state index contributed by atoms with van der Waals surface area (Å²) in [5.41, 5.74) is 1.16. The molecule has 2 aromatic heterocycles. The van der Waals surface area contributed by atoms with E-state index in [4.69, 9.17) is 0 Å². The standard InChI is InChI=1S/C14H10BrFN2O/c1-7-5-9-12(10(15)6-7)8-3-4-11(16)17-13(8)18(2)14(9)19/h3-6H,1-2H3. The Labute approximate surface area is 116 Å². The number of benzene rings is 1. The summed E-state index contributed by atoms with van der Waals surface area (Å²) in [7, 11) is 1.60. The van der Waals surface area contributed by atoms with Gasteiger partial charge in [-0.15, -0.1) is 0 Å². The van der Waals surface area contributed by atoms with E-state index in [1.807, 2.05) is 19.1 Å². The first-order chi connectivity index (χ1) is 8.99. The molecule has 0 aliphatic rings. The van der Waals surface area contributed by atoms with E-state index in [-0.39, 0.29) is 5.56 Å². The van der Waals surface area contributed by atoms with Gasteiger partial charge in [0.05, 0.1) is 0 Å². The minimum Gasteiger partial charge on any atom is -0.295 e. The Bertz CT molecular complexity index is 886. The number of aromatic nitrogens is 2. The monoisotopic (exact) mass is 320 g/mol. The van der Waals surface area contributed by atoms with Gasteiger partial charge in [0.2, 0.25) is 5.95 Å². The second-order valence-corrected chi connectivity index (χ2v) is 5.39. The molecule has 3 rings (SSSR count). The van der Waals surface area contributed by atoms with Crippen LogP contribution in [0.3, 0.4) is 0 Å². The zero-order valence-corrected chi connectivity index (χ0v) is 12.0. The summed E-state index contributed by atoms with van der Waals surface area (Å²) < 4.78 is 15.5. The van der Waals surface area contributed by atoms with Crippen LogP contribution < -0.4 is 5.56 Å². The third-order valence-electron chi connectivity index (χ3n) is 3.20. The van der Waals surface area contributed by atoms with Crippen molar-refractivity contribution >= 4 is 37.7 Å². The quantitative estimate of drug-likeness (QED) is 0.470. The molecule has 0 spiro atoms. The van der Waals surface area contributed by atoms with Gasteiger partial charge in [-0.2, -0.15) is 4.39 Å². The number of nitrogens with zero attached hydrogens (tertiary/aromatic N) is 2. The predicted octanol–water partition coefficient (Wildman–Crippen LogP) is 3.30. The maximum Gasteiger partial charge on any atom is 0.259 e. The Morgan fingerprint density at radius 3 is 2.74 bits per heavy atom. The van der Waals surface area contributed by atoms with Crippen LogP contribution in [0.15, 0.2) is 33.5 Å². The Morgan fingerprint density at radius 2 is 2.00 bits per heavy atom. The zero-order valence-electron chi connectivity index (χ0n) is 10.4. The van der Waals surface area contributed by atoms with Crippen molar-refractivity contribution in [2.24, 2.45) is 7.05 Å². The van der Waals surface area contributed by atoms with Gasteiger partial charge in [-0.3, -0.25) is 9.36 Å². The lowest BCUT2D eigenvalue weighted by molar-refractivity contribution is 0.586. The van der Waals surface area contributed by atoms with E-state index in [1.54, 1.807) is 13.1 Å². The van der Waals surface area contributed by atoms with Crippen LogP contribution in [-0.2, 0) is 7.05 Å². The Morgan fingerprint density at radius 1 is 1.26 bits per heavy atom. The molecule has 0 amide bonds. The largest absolute Gasteiger partial charge is 0.295 e. The van der Waals surface area contributed by atoms with E-state index >= 15 is 0 Å². The number of hydrogen-bond acceptors (Lipinski definition) is 2. The van der Waals surface area contributed by atoms with E-state index in [0.717, 1.165) is 20.8 Å². The first-order valence-electron chi connectivity index (χ1n) is 5.74. The van der Waals surface area contributed by atoms with Gasteiger partial charge in [0.15, 0.2) is 0 Å². The van der Waals surface area contributed by atoms with Crippen molar-refractivity contribution in [3.05, 3.63) is 50.6 Å². The Hall–Kier alpha value is -1.75. The van der Waals surface area contributed by atoms with Gasteiger partial charge in [0.25, 0.3) is 5.56 Å². The number of pyridine rings is 2. The summed E-state index contributed by atoms with van der Waals surface area (Å²) >= 11 is 3.48. The number of aryl methyl sites for hydroxylation is 2. The molecule has 2 heterocycles. The van der Waals surface area contributed by atoms with Gasteiger partial charge < -0.3 is 0 Å². The topological polar surface area (TPSA) is 34.9 Å². The molecule has 19 heavy (non-hydrogen) atoms. The van der Waals surface area contributed by atoms with Crippen LogP contribution in [0.25, 0.3) is 21.8 Å². The van der Waals surface area contributed by atoms with Crippen molar-refractivity contribution in [2.75, 3.05) is 0 Å². The number of fused-ring (bicyclic) bond motifs is 3. The summed E-state index contributed by atoms with van der Waals surface area (Å²) in [5.74, 6) is -0.593. The molecule has 0 aliphatic carbocycles. The highest BCUT2D eigenvalue weighted by Gasteiger charge is 2.13. The number of hydrogen-bond donors (Lipinski definition) is 0. The summed E-state index contributed by atoms with van der Waals surface area (Å²) in [6.45, 7) is 1.93. The van der Waals surface area contributed by atoms with E-state index in [2.05, 4.69) is 20.9 Å². The molecular weight excluding hydrogens is 311 g/mol. The summed E-state index contributed by atoms with van der Waals surface area (Å²) in [4.78, 5) is 16.2. The lowest BCUT2D eigenvalue weighted by atomic mass is 10.1. The second kappa shape index (κ2) is 4.13. The second-order valence-electron chi connectivity index (χ2n) is 4.54. The fraction of sp³-hybridized carbons (Fsp3) is 0.143. The van der Waals surface area contributed by atoms with Crippen LogP contribution >= 0.6 is 15.9 Å². The molecule has 96 valence electrons. The van der Waals surface area contributed by atoms with Gasteiger partial charge >= 0.3 is 0 Å². The highest BCUT2D eigenvalue weighted by molar-refractivity contribution is 9.10. The molecule has 0 bridgehead atoms. The number of halogens is 2. The highest BCUT2D eigenvalue weighted by atomic mass is 79.9. The maximum atomic E-state index is 13.3. The van der Waals surface area contributed by atoms with E-state index in [1.165, 1.54) is 10.6 Å². The average Bonchev–Trinajstić information content (AvgIpc) is 2.35. The number of rotatable bonds is 0. The van der Waals surface area contributed by atoms with Crippen molar-refractivity contribution in [1.82, 2.24) is 9.55 Å². The zero-order chi connectivity index (χ0) is 13.7. The third-order valence-corrected chi connectivity index (χ3v) is 3.82. The van der Waals surface area contributed by atoms with Gasteiger partial charge in [-0.1, -0.05) is 15.9 Å². The SMILES string of the molecule is Cc1cc(Br)c2c(c1)c(=O)n(C)c1nc(F)ccc21. The minimum absolute atomic E-state index is 0.176. The van der Waals surface area contributed by atoms with Crippen molar-refractivity contribution in [3.63, 3.8) is 0 Å². The molecule has 0 aliphatic heterocycles. The van der Waals surface area contributed by atoms with Crippen molar-refractivity contribution < 1.29 is 4.39 Å². The van der Waals surface area contributed by atoms with Crippen molar-refractivity contribution in [2.45, 2.75) is 6.92 Å². The van der Waals surface area contributed by atoms with Gasteiger partial charge in [0, 0.05) is 27.7 Å². The molecular formula is C14H10BrFN2O. The Balaban J connectivity index is 2.71. The summed E-state index contributed by atoms with van der Waals surface area (Å²) in [5, 5.41) is 2.14. The smallest absolute Gasteiger partial charge is 0.259 e. The van der Waals surface area contributed by atoms with E-state index in [0.29, 0.717) is 11.0 Å². The average molecular weight is 321 g/mol. The van der Waals surface area contributed by atoms with Crippen LogP contribution in [0, 0.1) is 12.9 Å². The molecule has 0 radical (unpaired) electrons. The van der Waals surface area contributed by atoms with Crippen LogP contribution in [0.5, 0.6) is 0 Å². The molecule has 0 unspecified atom stereocenters. The molecule has 1 aromatic carbocycles. The molecule has 0 atom stereocenters. The summed E-state index contributed by atoms with van der Waals surface area (Å²) in [6.07, 6.45) is 0. The van der Waals surface area contributed by atoms with Gasteiger partial charge in [0.1, 0.15) is 5.65 Å². The molecule has 0 fully saturated rings. The van der Waals surface area contributed by atoms with Gasteiger partial charge in [-0.05, 0) is 36.8 Å². The third kappa shape index (κ3) is 1.76. The summed E-state index contributed by atoms with van der Waals surface area (Å²) in [6, 6.07) is 6.73. The molecule has 0 saturated carbocycles. The maximum absolute atomic E-state index is 13.3. The van der Waals surface area contributed by atoms with Crippen LogP contribution in [0.1, 0.15) is 5.56 Å². The first kappa shape index (κ1) is 12.3. The first-order valence-corrected chi connectivity index (χ1v) is 6.53. The van der Waals surface area contributed by atoms with E-state index in [9.17, 15) is 9.18 Å². The minimum atomic E-state index is -0.593. The van der Waals surface area contributed by atoms with Crippen molar-refractivity contribution in [1.29, 1.82) is 0 Å². The normalized spacial score (nSPS) is 11.4. The predicted molar refractivity (Wildman–Crippen MR) is 76.9 cm³/mol. The Kier molecular flexibility index (Phi) is 2.67. The van der Waals surface area contributed by atoms with Gasteiger partial charge in [-0.25, -0.2) is 4.98 Å². The lowest BCUT2D eigenvalue weighted by Gasteiger charge is -2.10. The van der Waals surface area contributed by atoms with Crippen molar-refractivity contribution in [3.8, 4) is 0 Å².